The summed E-state index contributed by atoms with van der Waals surface area (Å²) in [7, 11) is 0. The predicted octanol–water partition coefficient (Wildman–Crippen LogP) is 1.24. The van der Waals surface area contributed by atoms with Gasteiger partial charge in [-0.3, -0.25) is 9.69 Å². The van der Waals surface area contributed by atoms with Gasteiger partial charge in [-0.15, -0.1) is 0 Å². The predicted molar refractivity (Wildman–Crippen MR) is 97.2 cm³/mol. The second-order valence-electron chi connectivity index (χ2n) is 6.45. The molecule has 3 rings (SSSR count). The Balaban J connectivity index is 1.32. The smallest absolute Gasteiger partial charge is 0.224 e. The molecule has 0 bridgehead atoms. The third-order valence-corrected chi connectivity index (χ3v) is 4.89. The van der Waals surface area contributed by atoms with E-state index in [9.17, 15) is 4.79 Å². The van der Waals surface area contributed by atoms with Crippen molar-refractivity contribution in [2.24, 2.45) is 0 Å². The Morgan fingerprint density at radius 1 is 1.24 bits per heavy atom. The Morgan fingerprint density at radius 3 is 2.68 bits per heavy atom. The van der Waals surface area contributed by atoms with Crippen molar-refractivity contribution in [1.29, 1.82) is 0 Å². The van der Waals surface area contributed by atoms with E-state index in [0.29, 0.717) is 24.7 Å². The highest BCUT2D eigenvalue weighted by Crippen LogP contribution is 2.15. The lowest BCUT2D eigenvalue weighted by Crippen LogP contribution is -2.51. The lowest BCUT2D eigenvalue weighted by Gasteiger charge is -2.35. The highest BCUT2D eigenvalue weighted by molar-refractivity contribution is 6.30. The number of morpholine rings is 1. The van der Waals surface area contributed by atoms with Crippen LogP contribution in [0.25, 0.3) is 0 Å². The fourth-order valence-electron chi connectivity index (χ4n) is 3.14. The third kappa shape index (κ3) is 5.85. The summed E-state index contributed by atoms with van der Waals surface area (Å²) in [6.07, 6.45) is 0.527. The maximum atomic E-state index is 12.4. The summed E-state index contributed by atoms with van der Waals surface area (Å²) in [6, 6.07) is 7.57. The highest BCUT2D eigenvalue weighted by Gasteiger charge is 2.24. The number of carbonyl (C=O) groups excluding carboxylic acids is 1. The quantitative estimate of drug-likeness (QED) is 0.820. The van der Waals surface area contributed by atoms with E-state index >= 15 is 0 Å². The molecule has 2 aliphatic rings. The molecule has 1 atom stereocenters. The molecule has 2 fully saturated rings. The average molecular weight is 368 g/mol. The van der Waals surface area contributed by atoms with Crippen LogP contribution in [0.4, 0.5) is 0 Å². The second kappa shape index (κ2) is 9.38. The van der Waals surface area contributed by atoms with Gasteiger partial charge in [-0.2, -0.15) is 0 Å². The van der Waals surface area contributed by atoms with Gasteiger partial charge in [-0.25, -0.2) is 0 Å². The molecule has 1 aromatic carbocycles. The first-order chi connectivity index (χ1) is 12.2. The molecule has 1 amide bonds. The summed E-state index contributed by atoms with van der Waals surface area (Å²) in [6.45, 7) is 7.06. The van der Waals surface area contributed by atoms with E-state index in [0.717, 1.165) is 51.6 Å². The molecule has 25 heavy (non-hydrogen) atoms. The zero-order valence-corrected chi connectivity index (χ0v) is 15.2. The molecule has 2 saturated heterocycles. The van der Waals surface area contributed by atoms with Crippen LogP contribution in [0.15, 0.2) is 24.3 Å². The number of carbonyl (C=O) groups is 1. The minimum absolute atomic E-state index is 0.159. The van der Waals surface area contributed by atoms with Crippen LogP contribution in [0.3, 0.4) is 0 Å². The van der Waals surface area contributed by atoms with Crippen LogP contribution >= 0.6 is 11.6 Å². The van der Waals surface area contributed by atoms with Gasteiger partial charge in [-0.05, 0) is 24.3 Å². The summed E-state index contributed by atoms with van der Waals surface area (Å²) in [5, 5.41) is 4.05. The number of amides is 1. The van der Waals surface area contributed by atoms with Crippen LogP contribution in [0.2, 0.25) is 5.02 Å². The van der Waals surface area contributed by atoms with Gasteiger partial charge in [0.05, 0.1) is 13.2 Å². The first-order valence-corrected chi connectivity index (χ1v) is 9.28. The van der Waals surface area contributed by atoms with Gasteiger partial charge in [0.15, 0.2) is 0 Å². The summed E-state index contributed by atoms with van der Waals surface area (Å²) in [5.41, 5.74) is 0. The van der Waals surface area contributed by atoms with Crippen molar-refractivity contribution < 1.29 is 14.3 Å². The van der Waals surface area contributed by atoms with Crippen molar-refractivity contribution in [2.45, 2.75) is 12.5 Å². The van der Waals surface area contributed by atoms with Crippen LogP contribution in [0.1, 0.15) is 6.42 Å². The number of halogens is 1. The molecule has 6 nitrogen and oxygen atoms in total. The summed E-state index contributed by atoms with van der Waals surface area (Å²) in [5.74, 6) is 1.06. The number of hydrogen-bond donors (Lipinski definition) is 1. The minimum Gasteiger partial charge on any atom is -0.492 e. The summed E-state index contributed by atoms with van der Waals surface area (Å²) >= 11 is 5.86. The van der Waals surface area contributed by atoms with Crippen molar-refractivity contribution in [3.8, 4) is 5.75 Å². The Morgan fingerprint density at radius 2 is 2.00 bits per heavy atom. The topological polar surface area (TPSA) is 54.0 Å². The molecule has 0 aliphatic carbocycles. The van der Waals surface area contributed by atoms with Crippen LogP contribution in [-0.2, 0) is 9.53 Å². The fourth-order valence-corrected chi connectivity index (χ4v) is 3.26. The molecule has 0 spiro atoms. The molecule has 1 N–H and O–H groups in total. The van der Waals surface area contributed by atoms with E-state index in [-0.39, 0.29) is 11.9 Å². The van der Waals surface area contributed by atoms with E-state index in [1.165, 1.54) is 0 Å². The lowest BCUT2D eigenvalue weighted by molar-refractivity contribution is -0.134. The van der Waals surface area contributed by atoms with Gasteiger partial charge in [0, 0.05) is 56.8 Å². The van der Waals surface area contributed by atoms with E-state index in [2.05, 4.69) is 10.2 Å². The fraction of sp³-hybridized carbons (Fsp3) is 0.611. The third-order valence-electron chi connectivity index (χ3n) is 4.63. The molecule has 7 heteroatoms. The molecule has 138 valence electrons. The van der Waals surface area contributed by atoms with E-state index in [1.54, 1.807) is 0 Å². The second-order valence-corrected chi connectivity index (χ2v) is 6.89. The zero-order valence-electron chi connectivity index (χ0n) is 14.5. The van der Waals surface area contributed by atoms with Gasteiger partial charge in [-0.1, -0.05) is 11.6 Å². The first-order valence-electron chi connectivity index (χ1n) is 8.90. The summed E-state index contributed by atoms with van der Waals surface area (Å²) in [4.78, 5) is 16.7. The monoisotopic (exact) mass is 367 g/mol. The molecule has 1 unspecified atom stereocenters. The van der Waals surface area contributed by atoms with Crippen molar-refractivity contribution >= 4 is 17.5 Å². The van der Waals surface area contributed by atoms with Gasteiger partial charge in [0.25, 0.3) is 0 Å². The molecule has 2 heterocycles. The Labute approximate surface area is 154 Å². The van der Waals surface area contributed by atoms with Crippen LogP contribution in [0, 0.1) is 0 Å². The SMILES string of the molecule is O=C(CC1COCCN1)N1CCN(CCOc2ccc(Cl)cc2)CC1. The minimum atomic E-state index is 0.159. The number of benzene rings is 1. The zero-order chi connectivity index (χ0) is 17.5. The Bertz CT molecular complexity index is 541. The standard InChI is InChI=1S/C18H26ClN3O3/c19-15-1-3-17(4-2-15)25-12-10-21-6-8-22(9-7-21)18(23)13-16-14-24-11-5-20-16/h1-4,16,20H,5-14H2. The van der Waals surface area contributed by atoms with Crippen LogP contribution in [-0.4, -0.2) is 80.8 Å². The van der Waals surface area contributed by atoms with Crippen molar-refractivity contribution in [3.63, 3.8) is 0 Å². The number of nitrogens with one attached hydrogen (secondary N) is 1. The average Bonchev–Trinajstić information content (AvgIpc) is 2.65. The van der Waals surface area contributed by atoms with Gasteiger partial charge in [0.2, 0.25) is 5.91 Å². The number of rotatable bonds is 6. The molecule has 1 aromatic rings. The maximum absolute atomic E-state index is 12.4. The number of hydrogen-bond acceptors (Lipinski definition) is 5. The van der Waals surface area contributed by atoms with Crippen molar-refractivity contribution in [2.75, 3.05) is 59.1 Å². The van der Waals surface area contributed by atoms with Crippen LogP contribution < -0.4 is 10.1 Å². The van der Waals surface area contributed by atoms with Gasteiger partial charge < -0.3 is 19.7 Å². The normalized spacial score (nSPS) is 22.0. The van der Waals surface area contributed by atoms with Gasteiger partial charge in [0.1, 0.15) is 12.4 Å². The lowest BCUT2D eigenvalue weighted by atomic mass is 10.1. The first kappa shape index (κ1) is 18.5. The Hall–Kier alpha value is -1.34. The molecule has 0 saturated carbocycles. The highest BCUT2D eigenvalue weighted by atomic mass is 35.5. The number of piperazine rings is 1. The van der Waals surface area contributed by atoms with E-state index in [4.69, 9.17) is 21.1 Å². The molecule has 0 radical (unpaired) electrons. The van der Waals surface area contributed by atoms with Gasteiger partial charge >= 0.3 is 0 Å². The molecular formula is C18H26ClN3O3. The molecule has 0 aromatic heterocycles. The summed E-state index contributed by atoms with van der Waals surface area (Å²) < 4.78 is 11.1. The molecule has 2 aliphatic heterocycles. The van der Waals surface area contributed by atoms with Crippen molar-refractivity contribution in [1.82, 2.24) is 15.1 Å². The number of ether oxygens (including phenoxy) is 2. The largest absolute Gasteiger partial charge is 0.492 e. The maximum Gasteiger partial charge on any atom is 0.224 e. The number of nitrogens with zero attached hydrogens (tertiary/aromatic N) is 2. The van der Waals surface area contributed by atoms with Crippen LogP contribution in [0.5, 0.6) is 5.75 Å². The van der Waals surface area contributed by atoms with Crippen molar-refractivity contribution in [3.05, 3.63) is 29.3 Å². The Kier molecular flexibility index (Phi) is 6.93. The van der Waals surface area contributed by atoms with E-state index in [1.807, 2.05) is 29.2 Å². The molecular weight excluding hydrogens is 342 g/mol. The van der Waals surface area contributed by atoms with E-state index < -0.39 is 0 Å².